The number of nitrogens with two attached hydrogens (primary N) is 1. The number of hydrogen-bond donors (Lipinski definition) is 1. The van der Waals surface area contributed by atoms with Crippen LogP contribution >= 0.6 is 0 Å². The lowest BCUT2D eigenvalue weighted by Gasteiger charge is -2.05. The minimum Gasteiger partial charge on any atom is -0.369 e. The molecule has 1 fully saturated rings. The number of aryl methyl sites for hydroxylation is 1. The first-order valence-corrected chi connectivity index (χ1v) is 6.05. The van der Waals surface area contributed by atoms with Crippen molar-refractivity contribution in [3.63, 3.8) is 0 Å². The highest BCUT2D eigenvalue weighted by atomic mass is 19.1. The van der Waals surface area contributed by atoms with Crippen molar-refractivity contribution in [2.45, 2.75) is 32.7 Å². The molecule has 4 heteroatoms. The van der Waals surface area contributed by atoms with Crippen LogP contribution in [0.2, 0.25) is 0 Å². The lowest BCUT2D eigenvalue weighted by atomic mass is 10.2. The number of anilines is 1. The zero-order valence-electron chi connectivity index (χ0n) is 10.1. The first kappa shape index (κ1) is 10.6. The van der Waals surface area contributed by atoms with Crippen molar-refractivity contribution in [3.8, 4) is 0 Å². The van der Waals surface area contributed by atoms with Crippen LogP contribution < -0.4 is 5.73 Å². The van der Waals surface area contributed by atoms with Crippen molar-refractivity contribution in [2.75, 3.05) is 5.73 Å². The smallest absolute Gasteiger partial charge is 0.201 e. The maximum absolute atomic E-state index is 13.5. The maximum atomic E-state index is 13.5. The van der Waals surface area contributed by atoms with Crippen molar-refractivity contribution < 1.29 is 4.39 Å². The third kappa shape index (κ3) is 1.51. The van der Waals surface area contributed by atoms with E-state index in [1.807, 2.05) is 6.07 Å². The summed E-state index contributed by atoms with van der Waals surface area (Å²) in [6.07, 6.45) is 2.31. The lowest BCUT2D eigenvalue weighted by molar-refractivity contribution is 0.619. The van der Waals surface area contributed by atoms with Crippen LogP contribution in [0.25, 0.3) is 11.0 Å². The molecule has 1 aromatic carbocycles. The Hall–Kier alpha value is -1.58. The van der Waals surface area contributed by atoms with Crippen molar-refractivity contribution in [1.82, 2.24) is 9.55 Å². The normalized spacial score (nSPS) is 23.2. The summed E-state index contributed by atoms with van der Waals surface area (Å²) in [5.41, 5.74) is 8.21. The summed E-state index contributed by atoms with van der Waals surface area (Å²) >= 11 is 0. The van der Waals surface area contributed by atoms with Gasteiger partial charge in [-0.15, -0.1) is 0 Å². The van der Waals surface area contributed by atoms with E-state index in [9.17, 15) is 4.39 Å². The number of nitrogens with zero attached hydrogens (tertiary/aromatic N) is 2. The van der Waals surface area contributed by atoms with Crippen LogP contribution in [0.4, 0.5) is 10.3 Å². The van der Waals surface area contributed by atoms with E-state index in [0.29, 0.717) is 29.0 Å². The third-order valence-electron chi connectivity index (χ3n) is 3.74. The highest BCUT2D eigenvalue weighted by Gasteiger charge is 2.39. The van der Waals surface area contributed by atoms with Gasteiger partial charge in [0.2, 0.25) is 5.95 Å². The topological polar surface area (TPSA) is 43.8 Å². The Labute approximate surface area is 99.4 Å². The molecule has 3 rings (SSSR count). The number of hydrogen-bond acceptors (Lipinski definition) is 2. The molecule has 90 valence electrons. The summed E-state index contributed by atoms with van der Waals surface area (Å²) in [6.45, 7) is 3.96. The highest BCUT2D eigenvalue weighted by Crippen LogP contribution is 2.48. The minimum atomic E-state index is -0.218. The van der Waals surface area contributed by atoms with E-state index in [4.69, 9.17) is 5.73 Å². The molecule has 17 heavy (non-hydrogen) atoms. The standard InChI is InChI=1S/C13H16FN3/c1-3-8-5-11(8)17-12-4-7(2)9(14)6-10(12)16-13(17)15/h4,6,8,11H,3,5H2,1-2H3,(H2,15,16). The molecule has 1 heterocycles. The van der Waals surface area contributed by atoms with Gasteiger partial charge in [-0.25, -0.2) is 9.37 Å². The van der Waals surface area contributed by atoms with Gasteiger partial charge < -0.3 is 10.3 Å². The van der Waals surface area contributed by atoms with Gasteiger partial charge in [-0.1, -0.05) is 13.3 Å². The number of aromatic nitrogens is 2. The third-order valence-corrected chi connectivity index (χ3v) is 3.74. The average molecular weight is 233 g/mol. The van der Waals surface area contributed by atoms with Crippen LogP contribution in [-0.4, -0.2) is 9.55 Å². The summed E-state index contributed by atoms with van der Waals surface area (Å²) < 4.78 is 15.5. The number of halogens is 1. The highest BCUT2D eigenvalue weighted by molar-refractivity contribution is 5.79. The Bertz CT molecular complexity index is 588. The van der Waals surface area contributed by atoms with Crippen LogP contribution in [0, 0.1) is 18.7 Å². The Morgan fingerprint density at radius 2 is 2.29 bits per heavy atom. The maximum Gasteiger partial charge on any atom is 0.201 e. The fourth-order valence-electron chi connectivity index (χ4n) is 2.57. The van der Waals surface area contributed by atoms with E-state index in [1.165, 1.54) is 6.07 Å². The van der Waals surface area contributed by atoms with Crippen molar-refractivity contribution >= 4 is 17.0 Å². The van der Waals surface area contributed by atoms with Gasteiger partial charge >= 0.3 is 0 Å². The SMILES string of the molecule is CCC1CC1n1c(N)nc2cc(F)c(C)cc21. The van der Waals surface area contributed by atoms with Crippen LogP contribution in [0.3, 0.4) is 0 Å². The van der Waals surface area contributed by atoms with Gasteiger partial charge in [0.25, 0.3) is 0 Å². The van der Waals surface area contributed by atoms with Crippen LogP contribution in [0.1, 0.15) is 31.4 Å². The zero-order valence-corrected chi connectivity index (χ0v) is 10.1. The van der Waals surface area contributed by atoms with E-state index in [-0.39, 0.29) is 5.82 Å². The van der Waals surface area contributed by atoms with E-state index >= 15 is 0 Å². The molecule has 0 radical (unpaired) electrons. The van der Waals surface area contributed by atoms with Gasteiger partial charge in [-0.3, -0.25) is 0 Å². The number of imidazole rings is 1. The van der Waals surface area contributed by atoms with Crippen LogP contribution in [0.5, 0.6) is 0 Å². The van der Waals surface area contributed by atoms with Crippen molar-refractivity contribution in [1.29, 1.82) is 0 Å². The summed E-state index contributed by atoms with van der Waals surface area (Å²) in [4.78, 5) is 4.25. The molecule has 0 aliphatic heterocycles. The first-order valence-electron chi connectivity index (χ1n) is 6.05. The Kier molecular flexibility index (Phi) is 2.15. The summed E-state index contributed by atoms with van der Waals surface area (Å²) in [7, 11) is 0. The van der Waals surface area contributed by atoms with E-state index in [1.54, 1.807) is 6.92 Å². The molecule has 0 saturated heterocycles. The summed E-state index contributed by atoms with van der Waals surface area (Å²) in [6, 6.07) is 3.77. The molecule has 0 bridgehead atoms. The molecule has 2 aromatic rings. The molecule has 0 amide bonds. The zero-order chi connectivity index (χ0) is 12.2. The molecule has 2 unspecified atom stereocenters. The second-order valence-electron chi connectivity index (χ2n) is 4.90. The van der Waals surface area contributed by atoms with E-state index in [2.05, 4.69) is 16.5 Å². The molecular formula is C13H16FN3. The Morgan fingerprint density at radius 1 is 1.53 bits per heavy atom. The van der Waals surface area contributed by atoms with Crippen LogP contribution in [-0.2, 0) is 0 Å². The molecule has 0 spiro atoms. The largest absolute Gasteiger partial charge is 0.369 e. The molecule has 1 aliphatic carbocycles. The van der Waals surface area contributed by atoms with Crippen LogP contribution in [0.15, 0.2) is 12.1 Å². The molecule has 2 atom stereocenters. The second-order valence-corrected chi connectivity index (χ2v) is 4.90. The molecule has 1 aliphatic rings. The van der Waals surface area contributed by atoms with Crippen molar-refractivity contribution in [2.24, 2.45) is 5.92 Å². The quantitative estimate of drug-likeness (QED) is 0.866. The minimum absolute atomic E-state index is 0.218. The van der Waals surface area contributed by atoms with Gasteiger partial charge in [-0.05, 0) is 30.9 Å². The molecule has 3 nitrogen and oxygen atoms in total. The van der Waals surface area contributed by atoms with Gasteiger partial charge in [0, 0.05) is 12.1 Å². The van der Waals surface area contributed by atoms with E-state index in [0.717, 1.165) is 18.4 Å². The fourth-order valence-corrected chi connectivity index (χ4v) is 2.57. The predicted molar refractivity (Wildman–Crippen MR) is 66.3 cm³/mol. The van der Waals surface area contributed by atoms with Gasteiger partial charge in [0.15, 0.2) is 0 Å². The summed E-state index contributed by atoms with van der Waals surface area (Å²) in [5, 5.41) is 0. The Morgan fingerprint density at radius 3 is 2.94 bits per heavy atom. The second kappa shape index (κ2) is 3.45. The number of rotatable bonds is 2. The van der Waals surface area contributed by atoms with Gasteiger partial charge in [-0.2, -0.15) is 0 Å². The number of fused-ring (bicyclic) bond motifs is 1. The number of benzene rings is 1. The summed E-state index contributed by atoms with van der Waals surface area (Å²) in [5.74, 6) is 0.982. The predicted octanol–water partition coefficient (Wildman–Crippen LogP) is 3.04. The fraction of sp³-hybridized carbons (Fsp3) is 0.462. The van der Waals surface area contributed by atoms with E-state index < -0.39 is 0 Å². The van der Waals surface area contributed by atoms with Gasteiger partial charge in [0.1, 0.15) is 5.82 Å². The number of nitrogen functional groups attached to an aromatic ring is 1. The average Bonchev–Trinajstić information content (AvgIpc) is 2.98. The first-order chi connectivity index (χ1) is 8.11. The Balaban J connectivity index is 2.17. The van der Waals surface area contributed by atoms with Crippen molar-refractivity contribution in [3.05, 3.63) is 23.5 Å². The molecule has 1 saturated carbocycles. The monoisotopic (exact) mass is 233 g/mol. The molecule has 2 N–H and O–H groups in total. The lowest BCUT2D eigenvalue weighted by Crippen LogP contribution is -2.02. The molecule has 1 aromatic heterocycles. The van der Waals surface area contributed by atoms with Gasteiger partial charge in [0.05, 0.1) is 11.0 Å². The molecular weight excluding hydrogens is 217 g/mol.